The molecule has 0 aromatic carbocycles. The first-order chi connectivity index (χ1) is 12.2. The van der Waals surface area contributed by atoms with Gasteiger partial charge in [0.05, 0.1) is 30.7 Å². The summed E-state index contributed by atoms with van der Waals surface area (Å²) >= 11 is 0. The van der Waals surface area contributed by atoms with E-state index in [1.54, 1.807) is 6.92 Å². The van der Waals surface area contributed by atoms with Crippen LogP contribution in [0.2, 0.25) is 0 Å². The van der Waals surface area contributed by atoms with E-state index in [0.29, 0.717) is 30.1 Å². The highest BCUT2D eigenvalue weighted by atomic mass is 16.5. The van der Waals surface area contributed by atoms with Crippen molar-refractivity contribution in [2.45, 2.75) is 45.3 Å². The fourth-order valence-electron chi connectivity index (χ4n) is 3.35. The Kier molecular flexibility index (Phi) is 5.21. The van der Waals surface area contributed by atoms with E-state index in [-0.39, 0.29) is 6.10 Å². The minimum atomic E-state index is -0.402. The van der Waals surface area contributed by atoms with Gasteiger partial charge in [0.25, 0.3) is 0 Å². The molecule has 0 aliphatic heterocycles. The van der Waals surface area contributed by atoms with Gasteiger partial charge in [-0.2, -0.15) is 0 Å². The molecule has 0 amide bonds. The van der Waals surface area contributed by atoms with Crippen molar-refractivity contribution in [3.05, 3.63) is 23.4 Å². The number of aromatic nitrogens is 2. The molecule has 2 aromatic heterocycles. The van der Waals surface area contributed by atoms with Gasteiger partial charge in [0.2, 0.25) is 5.88 Å². The fraction of sp³-hybridized carbons (Fsp3) is 0.500. The molecule has 0 saturated heterocycles. The number of carbonyl (C=O) groups is 1. The van der Waals surface area contributed by atoms with Gasteiger partial charge in [-0.3, -0.25) is 5.41 Å². The topological polar surface area (TPSA) is 89.2 Å². The third-order valence-electron chi connectivity index (χ3n) is 4.58. The van der Waals surface area contributed by atoms with Gasteiger partial charge in [-0.25, -0.2) is 9.78 Å². The van der Waals surface area contributed by atoms with Crippen molar-refractivity contribution >= 4 is 23.3 Å². The number of nitrogens with zero attached hydrogens (tertiary/aromatic N) is 2. The van der Waals surface area contributed by atoms with Crippen LogP contribution in [0.15, 0.2) is 12.1 Å². The van der Waals surface area contributed by atoms with Crippen molar-refractivity contribution in [3.8, 4) is 5.88 Å². The third-order valence-corrected chi connectivity index (χ3v) is 4.58. The second-order valence-corrected chi connectivity index (χ2v) is 6.17. The molecule has 3 rings (SSSR count). The molecule has 134 valence electrons. The second kappa shape index (κ2) is 7.55. The van der Waals surface area contributed by atoms with Crippen LogP contribution in [0.1, 0.15) is 48.7 Å². The lowest BCUT2D eigenvalue weighted by molar-refractivity contribution is 0.0526. The molecule has 2 aromatic rings. The SMILES string of the molecule is CCOC(=O)c1c(CNC=N)n(C)c2ccc(OC3CCCC3)nc12. The van der Waals surface area contributed by atoms with Gasteiger partial charge in [-0.15, -0.1) is 0 Å². The average Bonchev–Trinajstić information content (AvgIpc) is 3.20. The van der Waals surface area contributed by atoms with Gasteiger partial charge < -0.3 is 19.4 Å². The normalized spacial score (nSPS) is 14.6. The highest BCUT2D eigenvalue weighted by Crippen LogP contribution is 2.29. The highest BCUT2D eigenvalue weighted by molar-refractivity contribution is 6.04. The van der Waals surface area contributed by atoms with Gasteiger partial charge in [-0.05, 0) is 38.7 Å². The lowest BCUT2D eigenvalue weighted by Gasteiger charge is -2.12. The zero-order valence-corrected chi connectivity index (χ0v) is 14.7. The molecule has 7 heteroatoms. The summed E-state index contributed by atoms with van der Waals surface area (Å²) in [5.74, 6) is 0.141. The van der Waals surface area contributed by atoms with Crippen molar-refractivity contribution < 1.29 is 14.3 Å². The molecule has 1 saturated carbocycles. The number of ether oxygens (including phenoxy) is 2. The first kappa shape index (κ1) is 17.3. The van der Waals surface area contributed by atoms with Crippen molar-refractivity contribution in [2.24, 2.45) is 7.05 Å². The van der Waals surface area contributed by atoms with E-state index >= 15 is 0 Å². The summed E-state index contributed by atoms with van der Waals surface area (Å²) in [7, 11) is 1.88. The lowest BCUT2D eigenvalue weighted by atomic mass is 10.2. The zero-order valence-electron chi connectivity index (χ0n) is 14.7. The Morgan fingerprint density at radius 2 is 2.20 bits per heavy atom. The zero-order chi connectivity index (χ0) is 17.8. The number of nitrogens with one attached hydrogen (secondary N) is 2. The van der Waals surface area contributed by atoms with Crippen LogP contribution in [-0.2, 0) is 18.3 Å². The van der Waals surface area contributed by atoms with Crippen molar-refractivity contribution in [2.75, 3.05) is 6.61 Å². The summed E-state index contributed by atoms with van der Waals surface area (Å²) in [6.45, 7) is 2.43. The van der Waals surface area contributed by atoms with Gasteiger partial charge in [0, 0.05) is 13.1 Å². The fourth-order valence-corrected chi connectivity index (χ4v) is 3.35. The van der Waals surface area contributed by atoms with Crippen LogP contribution in [0.3, 0.4) is 0 Å². The van der Waals surface area contributed by atoms with Crippen LogP contribution in [-0.4, -0.2) is 34.6 Å². The molecule has 1 fully saturated rings. The Morgan fingerprint density at radius 1 is 1.44 bits per heavy atom. The Morgan fingerprint density at radius 3 is 2.88 bits per heavy atom. The summed E-state index contributed by atoms with van der Waals surface area (Å²) < 4.78 is 13.1. The van der Waals surface area contributed by atoms with Crippen LogP contribution >= 0.6 is 0 Å². The molecule has 0 spiro atoms. The Hall–Kier alpha value is -2.57. The quantitative estimate of drug-likeness (QED) is 0.458. The van der Waals surface area contributed by atoms with E-state index in [4.69, 9.17) is 14.9 Å². The van der Waals surface area contributed by atoms with Crippen molar-refractivity contribution in [3.63, 3.8) is 0 Å². The summed E-state index contributed by atoms with van der Waals surface area (Å²) in [4.78, 5) is 17.1. The van der Waals surface area contributed by atoms with Gasteiger partial charge in [-0.1, -0.05) is 0 Å². The maximum Gasteiger partial charge on any atom is 0.342 e. The summed E-state index contributed by atoms with van der Waals surface area (Å²) in [6.07, 6.45) is 5.78. The molecule has 0 atom stereocenters. The van der Waals surface area contributed by atoms with Crippen LogP contribution in [0.5, 0.6) is 5.88 Å². The van der Waals surface area contributed by atoms with Gasteiger partial charge >= 0.3 is 5.97 Å². The number of rotatable bonds is 7. The predicted molar refractivity (Wildman–Crippen MR) is 95.2 cm³/mol. The summed E-state index contributed by atoms with van der Waals surface area (Å²) in [5, 5.41) is 10.0. The first-order valence-electron chi connectivity index (χ1n) is 8.70. The molecule has 0 unspecified atom stereocenters. The molecular formula is C18H24N4O3. The van der Waals surface area contributed by atoms with Gasteiger partial charge in [0.1, 0.15) is 17.2 Å². The number of hydrogen-bond acceptors (Lipinski definition) is 5. The third kappa shape index (κ3) is 3.45. The molecule has 2 N–H and O–H groups in total. The van der Waals surface area contributed by atoms with Crippen LogP contribution in [0.4, 0.5) is 0 Å². The van der Waals surface area contributed by atoms with E-state index in [2.05, 4.69) is 10.3 Å². The molecular weight excluding hydrogens is 320 g/mol. The number of aryl methyl sites for hydroxylation is 1. The van der Waals surface area contributed by atoms with E-state index in [9.17, 15) is 4.79 Å². The van der Waals surface area contributed by atoms with E-state index in [1.165, 1.54) is 12.8 Å². The van der Waals surface area contributed by atoms with Gasteiger partial charge in [0.15, 0.2) is 0 Å². The molecule has 0 radical (unpaired) electrons. The predicted octanol–water partition coefficient (Wildman–Crippen LogP) is 2.77. The maximum atomic E-state index is 12.5. The average molecular weight is 344 g/mol. The van der Waals surface area contributed by atoms with E-state index in [1.807, 2.05) is 23.7 Å². The van der Waals surface area contributed by atoms with E-state index < -0.39 is 5.97 Å². The lowest BCUT2D eigenvalue weighted by Crippen LogP contribution is -2.16. The Balaban J connectivity index is 2.04. The van der Waals surface area contributed by atoms with Crippen LogP contribution < -0.4 is 10.1 Å². The minimum absolute atomic E-state index is 0.207. The first-order valence-corrected chi connectivity index (χ1v) is 8.70. The number of pyridine rings is 1. The monoisotopic (exact) mass is 344 g/mol. The molecule has 1 aliphatic rings. The minimum Gasteiger partial charge on any atom is -0.474 e. The summed E-state index contributed by atoms with van der Waals surface area (Å²) in [5.41, 5.74) is 2.59. The molecule has 2 heterocycles. The molecule has 0 bridgehead atoms. The molecule has 1 aliphatic carbocycles. The number of carbonyl (C=O) groups excluding carboxylic acids is 1. The van der Waals surface area contributed by atoms with Crippen molar-refractivity contribution in [1.82, 2.24) is 14.9 Å². The highest BCUT2D eigenvalue weighted by Gasteiger charge is 2.24. The number of esters is 1. The van der Waals surface area contributed by atoms with E-state index in [0.717, 1.165) is 30.4 Å². The molecule has 7 nitrogen and oxygen atoms in total. The maximum absolute atomic E-state index is 12.5. The Labute approximate surface area is 146 Å². The number of hydrogen-bond donors (Lipinski definition) is 2. The van der Waals surface area contributed by atoms with Crippen molar-refractivity contribution in [1.29, 1.82) is 5.41 Å². The number of fused-ring (bicyclic) bond motifs is 1. The largest absolute Gasteiger partial charge is 0.474 e. The standard InChI is InChI=1S/C18H24N4O3/c1-3-24-18(23)16-14(10-20-11-19)22(2)13-8-9-15(21-17(13)16)25-12-6-4-5-7-12/h8-9,11-12H,3-7,10H2,1-2H3,(H2,19,20). The van der Waals surface area contributed by atoms with Crippen LogP contribution in [0.25, 0.3) is 11.0 Å². The Bertz CT molecular complexity index is 778. The smallest absolute Gasteiger partial charge is 0.342 e. The van der Waals surface area contributed by atoms with Crippen LogP contribution in [0, 0.1) is 5.41 Å². The summed E-state index contributed by atoms with van der Waals surface area (Å²) in [6, 6.07) is 3.77. The molecule has 25 heavy (non-hydrogen) atoms. The second-order valence-electron chi connectivity index (χ2n) is 6.17.